The van der Waals surface area contributed by atoms with E-state index in [4.69, 9.17) is 0 Å². The van der Waals surface area contributed by atoms with E-state index in [9.17, 15) is 18.4 Å². The minimum atomic E-state index is -0.797. The number of rotatable bonds is 5. The summed E-state index contributed by atoms with van der Waals surface area (Å²) in [6.45, 7) is 3.93. The van der Waals surface area contributed by atoms with Crippen LogP contribution in [-0.2, 0) is 4.79 Å². The Balaban J connectivity index is 2.52. The monoisotopic (exact) mass is 285 g/mol. The van der Waals surface area contributed by atoms with E-state index in [0.29, 0.717) is 12.6 Å². The molecule has 1 aromatic carbocycles. The Hall–Kier alpha value is -2.18. The van der Waals surface area contributed by atoms with Gasteiger partial charge in [0.05, 0.1) is 0 Å². The number of halogens is 2. The first-order valence-electron chi connectivity index (χ1n) is 6.23. The highest BCUT2D eigenvalue weighted by molar-refractivity contribution is 5.93. The van der Waals surface area contributed by atoms with Crippen LogP contribution in [0.3, 0.4) is 0 Å². The molecule has 0 fully saturated rings. The highest BCUT2D eigenvalue weighted by Gasteiger charge is 2.15. The molecule has 7 heteroatoms. The van der Waals surface area contributed by atoms with Crippen molar-refractivity contribution in [3.63, 3.8) is 0 Å². The molecule has 20 heavy (non-hydrogen) atoms. The molecule has 0 radical (unpaired) electrons. The summed E-state index contributed by atoms with van der Waals surface area (Å²) in [6, 6.07) is 1.19. The molecule has 0 saturated carbocycles. The fourth-order valence-corrected chi connectivity index (χ4v) is 1.46. The molecule has 0 aliphatic rings. The molecule has 110 valence electrons. The Labute approximate surface area is 115 Å². The number of anilines is 1. The third-order valence-corrected chi connectivity index (χ3v) is 2.41. The van der Waals surface area contributed by atoms with Crippen molar-refractivity contribution >= 4 is 17.6 Å². The maximum Gasteiger partial charge on any atom is 0.319 e. The van der Waals surface area contributed by atoms with Crippen LogP contribution in [0.15, 0.2) is 18.2 Å². The molecule has 0 bridgehead atoms. The van der Waals surface area contributed by atoms with Gasteiger partial charge in [-0.1, -0.05) is 6.92 Å². The van der Waals surface area contributed by atoms with Gasteiger partial charge in [-0.25, -0.2) is 13.6 Å². The van der Waals surface area contributed by atoms with Crippen LogP contribution < -0.4 is 16.0 Å². The van der Waals surface area contributed by atoms with Gasteiger partial charge in [0.15, 0.2) is 0 Å². The SMILES string of the molecule is CCCNC(=O)C(C)NC(=O)Nc1cc(F)cc(F)c1. The number of amides is 3. The van der Waals surface area contributed by atoms with E-state index in [1.807, 2.05) is 6.92 Å². The quantitative estimate of drug-likeness (QED) is 0.774. The molecule has 0 aromatic heterocycles. The van der Waals surface area contributed by atoms with Gasteiger partial charge in [0.2, 0.25) is 5.91 Å². The van der Waals surface area contributed by atoms with Gasteiger partial charge in [-0.05, 0) is 25.5 Å². The van der Waals surface area contributed by atoms with Gasteiger partial charge in [0, 0.05) is 18.3 Å². The van der Waals surface area contributed by atoms with Gasteiger partial charge >= 0.3 is 6.03 Å². The summed E-state index contributed by atoms with van der Waals surface area (Å²) in [5.74, 6) is -1.92. The third-order valence-electron chi connectivity index (χ3n) is 2.41. The minimum Gasteiger partial charge on any atom is -0.354 e. The van der Waals surface area contributed by atoms with Crippen molar-refractivity contribution in [3.05, 3.63) is 29.8 Å². The predicted octanol–water partition coefficient (Wildman–Crippen LogP) is 2.00. The summed E-state index contributed by atoms with van der Waals surface area (Å²) in [6.07, 6.45) is 0.785. The normalized spacial score (nSPS) is 11.6. The fraction of sp³-hybridized carbons (Fsp3) is 0.385. The number of carbonyl (C=O) groups is 2. The molecule has 0 aliphatic heterocycles. The van der Waals surface area contributed by atoms with Gasteiger partial charge in [-0.15, -0.1) is 0 Å². The van der Waals surface area contributed by atoms with Gasteiger partial charge in [0.1, 0.15) is 17.7 Å². The summed E-state index contributed by atoms with van der Waals surface area (Å²) in [4.78, 5) is 23.1. The summed E-state index contributed by atoms with van der Waals surface area (Å²) in [7, 11) is 0. The molecule has 1 aromatic rings. The first-order chi connectivity index (χ1) is 9.42. The van der Waals surface area contributed by atoms with E-state index in [2.05, 4.69) is 16.0 Å². The highest BCUT2D eigenvalue weighted by atomic mass is 19.1. The number of carbonyl (C=O) groups excluding carboxylic acids is 2. The van der Waals surface area contributed by atoms with Crippen LogP contribution in [0, 0.1) is 11.6 Å². The van der Waals surface area contributed by atoms with Crippen molar-refractivity contribution in [3.8, 4) is 0 Å². The van der Waals surface area contributed by atoms with E-state index in [1.54, 1.807) is 0 Å². The zero-order chi connectivity index (χ0) is 15.1. The van der Waals surface area contributed by atoms with Gasteiger partial charge in [-0.2, -0.15) is 0 Å². The topological polar surface area (TPSA) is 70.2 Å². The number of hydrogen-bond acceptors (Lipinski definition) is 2. The van der Waals surface area contributed by atoms with Crippen LogP contribution >= 0.6 is 0 Å². The lowest BCUT2D eigenvalue weighted by Crippen LogP contribution is -2.46. The minimum absolute atomic E-state index is 0.0267. The van der Waals surface area contributed by atoms with Crippen LogP contribution in [-0.4, -0.2) is 24.5 Å². The number of nitrogens with one attached hydrogen (secondary N) is 3. The summed E-state index contributed by atoms with van der Waals surface area (Å²) in [5.41, 5.74) is -0.0267. The standard InChI is InChI=1S/C13H17F2N3O2/c1-3-4-16-12(19)8(2)17-13(20)18-11-6-9(14)5-10(15)7-11/h5-8H,3-4H2,1-2H3,(H,16,19)(H2,17,18,20). The predicted molar refractivity (Wildman–Crippen MR) is 71.3 cm³/mol. The molecule has 0 aliphatic carbocycles. The maximum absolute atomic E-state index is 12.9. The van der Waals surface area contributed by atoms with Crippen molar-refractivity contribution in [1.82, 2.24) is 10.6 Å². The highest BCUT2D eigenvalue weighted by Crippen LogP contribution is 2.12. The number of benzene rings is 1. The van der Waals surface area contributed by atoms with E-state index < -0.39 is 23.7 Å². The largest absolute Gasteiger partial charge is 0.354 e. The van der Waals surface area contributed by atoms with Crippen molar-refractivity contribution in [1.29, 1.82) is 0 Å². The Morgan fingerprint density at radius 2 is 1.80 bits per heavy atom. The van der Waals surface area contributed by atoms with Crippen molar-refractivity contribution < 1.29 is 18.4 Å². The van der Waals surface area contributed by atoms with E-state index in [1.165, 1.54) is 6.92 Å². The van der Waals surface area contributed by atoms with E-state index in [0.717, 1.165) is 18.6 Å². The Kier molecular flexibility index (Phi) is 5.89. The molecule has 0 heterocycles. The zero-order valence-electron chi connectivity index (χ0n) is 11.3. The Bertz CT molecular complexity index is 474. The summed E-state index contributed by atoms with van der Waals surface area (Å²) >= 11 is 0. The second-order valence-corrected chi connectivity index (χ2v) is 4.27. The lowest BCUT2D eigenvalue weighted by atomic mass is 10.3. The van der Waals surface area contributed by atoms with Crippen LogP contribution in [0.25, 0.3) is 0 Å². The molecule has 3 N–H and O–H groups in total. The third kappa shape index (κ3) is 5.21. The summed E-state index contributed by atoms with van der Waals surface area (Å²) < 4.78 is 25.9. The van der Waals surface area contributed by atoms with E-state index >= 15 is 0 Å². The molecular formula is C13H17F2N3O2. The first-order valence-corrected chi connectivity index (χ1v) is 6.23. The number of urea groups is 1. The van der Waals surface area contributed by atoms with Crippen LogP contribution in [0.1, 0.15) is 20.3 Å². The maximum atomic E-state index is 12.9. The number of hydrogen-bond donors (Lipinski definition) is 3. The molecule has 3 amide bonds. The van der Waals surface area contributed by atoms with E-state index in [-0.39, 0.29) is 11.6 Å². The molecule has 0 spiro atoms. The summed E-state index contributed by atoms with van der Waals surface area (Å²) in [5, 5.41) is 7.24. The van der Waals surface area contributed by atoms with Crippen LogP contribution in [0.4, 0.5) is 19.3 Å². The molecule has 0 saturated heterocycles. The second-order valence-electron chi connectivity index (χ2n) is 4.27. The molecule has 1 atom stereocenters. The lowest BCUT2D eigenvalue weighted by molar-refractivity contribution is -0.122. The Morgan fingerprint density at radius 3 is 2.35 bits per heavy atom. The second kappa shape index (κ2) is 7.42. The average Bonchev–Trinajstić information content (AvgIpc) is 2.34. The molecular weight excluding hydrogens is 268 g/mol. The van der Waals surface area contributed by atoms with Crippen molar-refractivity contribution in [2.24, 2.45) is 0 Å². The fourth-order valence-electron chi connectivity index (χ4n) is 1.46. The van der Waals surface area contributed by atoms with Crippen molar-refractivity contribution in [2.75, 3.05) is 11.9 Å². The lowest BCUT2D eigenvalue weighted by Gasteiger charge is -2.14. The van der Waals surface area contributed by atoms with Crippen LogP contribution in [0.2, 0.25) is 0 Å². The van der Waals surface area contributed by atoms with Gasteiger partial charge < -0.3 is 16.0 Å². The van der Waals surface area contributed by atoms with Gasteiger partial charge in [0.25, 0.3) is 0 Å². The first kappa shape index (κ1) is 15.9. The molecule has 5 nitrogen and oxygen atoms in total. The zero-order valence-corrected chi connectivity index (χ0v) is 11.3. The van der Waals surface area contributed by atoms with Crippen molar-refractivity contribution in [2.45, 2.75) is 26.3 Å². The Morgan fingerprint density at radius 1 is 1.20 bits per heavy atom. The molecule has 1 unspecified atom stereocenters. The molecule has 1 rings (SSSR count). The average molecular weight is 285 g/mol. The van der Waals surface area contributed by atoms with Crippen LogP contribution in [0.5, 0.6) is 0 Å². The smallest absolute Gasteiger partial charge is 0.319 e. The van der Waals surface area contributed by atoms with Gasteiger partial charge in [-0.3, -0.25) is 4.79 Å².